The van der Waals surface area contributed by atoms with Crippen LogP contribution in [0.25, 0.3) is 0 Å². The third-order valence-electron chi connectivity index (χ3n) is 4.54. The summed E-state index contributed by atoms with van der Waals surface area (Å²) in [5.41, 5.74) is 0.323. The molecule has 18 heavy (non-hydrogen) atoms. The normalized spacial score (nSPS) is 30.3. The van der Waals surface area contributed by atoms with Crippen molar-refractivity contribution >= 4 is 0 Å². The van der Waals surface area contributed by atoms with Crippen molar-refractivity contribution in [3.8, 4) is 0 Å². The summed E-state index contributed by atoms with van der Waals surface area (Å²) < 4.78 is 0. The maximum Gasteiger partial charge on any atom is 0.0278 e. The molecular formula is C16H34N2. The fraction of sp³-hybridized carbons (Fsp3) is 1.00. The SMILES string of the molecule is CCC1(C)CN(CCCC(C)C)C(C(C)C)CN1. The molecule has 1 rings (SSSR count). The number of nitrogens with zero attached hydrogens (tertiary/aromatic N) is 1. The van der Waals surface area contributed by atoms with Gasteiger partial charge in [0.25, 0.3) is 0 Å². The molecule has 1 heterocycles. The van der Waals surface area contributed by atoms with Crippen LogP contribution < -0.4 is 5.32 Å². The highest BCUT2D eigenvalue weighted by Gasteiger charge is 2.35. The highest BCUT2D eigenvalue weighted by Crippen LogP contribution is 2.23. The fourth-order valence-electron chi connectivity index (χ4n) is 2.94. The van der Waals surface area contributed by atoms with Crippen LogP contribution in [0, 0.1) is 11.8 Å². The van der Waals surface area contributed by atoms with Gasteiger partial charge in [-0.25, -0.2) is 0 Å². The number of hydrogen-bond donors (Lipinski definition) is 1. The van der Waals surface area contributed by atoms with Gasteiger partial charge in [0, 0.05) is 24.7 Å². The van der Waals surface area contributed by atoms with Crippen molar-refractivity contribution in [2.45, 2.75) is 72.4 Å². The molecule has 2 heteroatoms. The van der Waals surface area contributed by atoms with Crippen LogP contribution in [0.1, 0.15) is 60.8 Å². The Morgan fingerprint density at radius 3 is 2.44 bits per heavy atom. The van der Waals surface area contributed by atoms with Gasteiger partial charge in [-0.05, 0) is 44.6 Å². The second-order valence-corrected chi connectivity index (χ2v) is 7.11. The van der Waals surface area contributed by atoms with E-state index in [1.165, 1.54) is 32.4 Å². The van der Waals surface area contributed by atoms with Crippen molar-refractivity contribution in [2.75, 3.05) is 19.6 Å². The molecule has 0 amide bonds. The largest absolute Gasteiger partial charge is 0.309 e. The lowest BCUT2D eigenvalue weighted by atomic mass is 9.89. The molecule has 0 radical (unpaired) electrons. The zero-order valence-corrected chi connectivity index (χ0v) is 13.4. The average Bonchev–Trinajstić information content (AvgIpc) is 2.28. The maximum absolute atomic E-state index is 3.76. The standard InChI is InChI=1S/C16H34N2/c1-7-16(6)12-18(10-8-9-13(2)3)15(11-17-16)14(4)5/h13-15,17H,7-12H2,1-6H3. The average molecular weight is 254 g/mol. The molecule has 1 N–H and O–H groups in total. The Morgan fingerprint density at radius 2 is 1.94 bits per heavy atom. The van der Waals surface area contributed by atoms with Crippen molar-refractivity contribution in [2.24, 2.45) is 11.8 Å². The zero-order chi connectivity index (χ0) is 13.8. The lowest BCUT2D eigenvalue weighted by molar-refractivity contribution is 0.0582. The molecule has 2 nitrogen and oxygen atoms in total. The van der Waals surface area contributed by atoms with Crippen molar-refractivity contribution in [3.05, 3.63) is 0 Å². The summed E-state index contributed by atoms with van der Waals surface area (Å²) in [5, 5.41) is 3.76. The Bertz CT molecular complexity index is 237. The molecule has 1 saturated heterocycles. The summed E-state index contributed by atoms with van der Waals surface area (Å²) in [5.74, 6) is 1.58. The molecule has 0 aliphatic carbocycles. The molecular weight excluding hydrogens is 220 g/mol. The summed E-state index contributed by atoms with van der Waals surface area (Å²) in [6.45, 7) is 17.7. The summed E-state index contributed by atoms with van der Waals surface area (Å²) in [6, 6.07) is 0.719. The molecule has 0 saturated carbocycles. The van der Waals surface area contributed by atoms with Gasteiger partial charge < -0.3 is 5.32 Å². The molecule has 0 aromatic rings. The molecule has 108 valence electrons. The summed E-state index contributed by atoms with van der Waals surface area (Å²) in [7, 11) is 0. The van der Waals surface area contributed by atoms with E-state index < -0.39 is 0 Å². The van der Waals surface area contributed by atoms with Crippen molar-refractivity contribution < 1.29 is 0 Å². The van der Waals surface area contributed by atoms with E-state index in [2.05, 4.69) is 51.8 Å². The van der Waals surface area contributed by atoms with Gasteiger partial charge in [-0.15, -0.1) is 0 Å². The Balaban J connectivity index is 2.55. The maximum atomic E-state index is 3.76. The van der Waals surface area contributed by atoms with Crippen LogP contribution in [-0.4, -0.2) is 36.1 Å². The highest BCUT2D eigenvalue weighted by molar-refractivity contribution is 4.95. The van der Waals surface area contributed by atoms with E-state index in [1.807, 2.05) is 0 Å². The molecule has 2 atom stereocenters. The topological polar surface area (TPSA) is 15.3 Å². The Kier molecular flexibility index (Phi) is 6.13. The van der Waals surface area contributed by atoms with Gasteiger partial charge in [0.2, 0.25) is 0 Å². The predicted octanol–water partition coefficient (Wildman–Crippen LogP) is 3.52. The minimum absolute atomic E-state index is 0.323. The van der Waals surface area contributed by atoms with Crippen LogP contribution in [0.4, 0.5) is 0 Å². The monoisotopic (exact) mass is 254 g/mol. The lowest BCUT2D eigenvalue weighted by Crippen LogP contribution is -2.64. The summed E-state index contributed by atoms with van der Waals surface area (Å²) in [4.78, 5) is 2.74. The van der Waals surface area contributed by atoms with E-state index in [4.69, 9.17) is 0 Å². The molecule has 0 aromatic heterocycles. The van der Waals surface area contributed by atoms with Crippen molar-refractivity contribution in [1.82, 2.24) is 10.2 Å². The number of piperazine rings is 1. The first-order valence-corrected chi connectivity index (χ1v) is 7.87. The van der Waals surface area contributed by atoms with Crippen molar-refractivity contribution in [3.63, 3.8) is 0 Å². The van der Waals surface area contributed by atoms with E-state index in [1.54, 1.807) is 0 Å². The van der Waals surface area contributed by atoms with Crippen LogP contribution in [0.15, 0.2) is 0 Å². The molecule has 1 fully saturated rings. The molecule has 1 aliphatic rings. The number of rotatable bonds is 6. The minimum Gasteiger partial charge on any atom is -0.309 e. The van der Waals surface area contributed by atoms with Gasteiger partial charge in [0.1, 0.15) is 0 Å². The smallest absolute Gasteiger partial charge is 0.0278 e. The summed E-state index contributed by atoms with van der Waals surface area (Å²) in [6.07, 6.45) is 3.93. The van der Waals surface area contributed by atoms with E-state index in [9.17, 15) is 0 Å². The van der Waals surface area contributed by atoms with Gasteiger partial charge in [-0.3, -0.25) is 4.90 Å². The minimum atomic E-state index is 0.323. The van der Waals surface area contributed by atoms with Crippen LogP contribution in [0.3, 0.4) is 0 Å². The lowest BCUT2D eigenvalue weighted by Gasteiger charge is -2.47. The van der Waals surface area contributed by atoms with Gasteiger partial charge in [-0.1, -0.05) is 34.6 Å². The van der Waals surface area contributed by atoms with Crippen molar-refractivity contribution in [1.29, 1.82) is 0 Å². The third kappa shape index (κ3) is 4.55. The first-order chi connectivity index (χ1) is 8.38. The van der Waals surface area contributed by atoms with E-state index in [0.717, 1.165) is 24.4 Å². The van der Waals surface area contributed by atoms with E-state index in [0.29, 0.717) is 5.54 Å². The summed E-state index contributed by atoms with van der Waals surface area (Å²) >= 11 is 0. The van der Waals surface area contributed by atoms with Gasteiger partial charge in [-0.2, -0.15) is 0 Å². The van der Waals surface area contributed by atoms with Gasteiger partial charge in [0.05, 0.1) is 0 Å². The first-order valence-electron chi connectivity index (χ1n) is 7.87. The Hall–Kier alpha value is -0.0800. The number of nitrogens with one attached hydrogen (secondary N) is 1. The van der Waals surface area contributed by atoms with E-state index >= 15 is 0 Å². The van der Waals surface area contributed by atoms with Gasteiger partial charge in [0.15, 0.2) is 0 Å². The van der Waals surface area contributed by atoms with Crippen LogP contribution in [-0.2, 0) is 0 Å². The second kappa shape index (κ2) is 6.91. The molecule has 2 unspecified atom stereocenters. The Labute approximate surface area is 115 Å². The predicted molar refractivity (Wildman–Crippen MR) is 81.0 cm³/mol. The quantitative estimate of drug-likeness (QED) is 0.780. The fourth-order valence-corrected chi connectivity index (χ4v) is 2.94. The number of hydrogen-bond acceptors (Lipinski definition) is 2. The van der Waals surface area contributed by atoms with Crippen LogP contribution in [0.5, 0.6) is 0 Å². The van der Waals surface area contributed by atoms with Crippen LogP contribution in [0.2, 0.25) is 0 Å². The molecule has 0 aromatic carbocycles. The molecule has 0 spiro atoms. The Morgan fingerprint density at radius 1 is 1.28 bits per heavy atom. The molecule has 0 bridgehead atoms. The van der Waals surface area contributed by atoms with E-state index in [-0.39, 0.29) is 0 Å². The van der Waals surface area contributed by atoms with Gasteiger partial charge >= 0.3 is 0 Å². The third-order valence-corrected chi connectivity index (χ3v) is 4.54. The molecule has 1 aliphatic heterocycles. The zero-order valence-electron chi connectivity index (χ0n) is 13.4. The first kappa shape index (κ1) is 16.0. The van der Waals surface area contributed by atoms with Crippen LogP contribution >= 0.6 is 0 Å². The highest BCUT2D eigenvalue weighted by atomic mass is 15.3. The second-order valence-electron chi connectivity index (χ2n) is 7.11.